The summed E-state index contributed by atoms with van der Waals surface area (Å²) in [7, 11) is 0. The van der Waals surface area contributed by atoms with E-state index >= 15 is 0 Å². The van der Waals surface area contributed by atoms with Crippen molar-refractivity contribution in [3.63, 3.8) is 0 Å². The van der Waals surface area contributed by atoms with Gasteiger partial charge in [0.2, 0.25) is 0 Å². The van der Waals surface area contributed by atoms with Gasteiger partial charge in [0, 0.05) is 37.9 Å². The number of benzene rings is 9. The Bertz CT molecular complexity index is 3750. The molecule has 0 aliphatic rings. The van der Waals surface area contributed by atoms with Crippen LogP contribution in [0.4, 0.5) is 17.1 Å². The number of fused-ring (bicyclic) bond motifs is 12. The molecule has 59 heavy (non-hydrogen) atoms. The van der Waals surface area contributed by atoms with Crippen LogP contribution in [-0.4, -0.2) is 4.57 Å². The molecule has 9 aromatic carbocycles. The van der Waals surface area contributed by atoms with Crippen LogP contribution in [0, 0.1) is 0 Å². The highest BCUT2D eigenvalue weighted by molar-refractivity contribution is 6.25. The SMILES string of the molecule is c1ccc(-c2ccccc2N(c2cccc3c2oc2ccccc23)c2cccc3oc4c(-n5c6ccccc6c6ccccc65)c5c(cc4c23)oc2ccccc25)cc1. The van der Waals surface area contributed by atoms with Crippen LogP contribution in [0.2, 0.25) is 0 Å². The fourth-order valence-electron chi connectivity index (χ4n) is 9.51. The van der Waals surface area contributed by atoms with Crippen molar-refractivity contribution in [1.29, 1.82) is 0 Å². The van der Waals surface area contributed by atoms with E-state index in [0.29, 0.717) is 0 Å². The minimum atomic E-state index is 0.774. The number of furan rings is 3. The predicted molar refractivity (Wildman–Crippen MR) is 243 cm³/mol. The minimum Gasteiger partial charge on any atom is -0.456 e. The summed E-state index contributed by atoms with van der Waals surface area (Å²) in [5.74, 6) is 0. The zero-order valence-corrected chi connectivity index (χ0v) is 31.6. The summed E-state index contributed by atoms with van der Waals surface area (Å²) in [6, 6.07) is 68.0. The molecule has 0 fully saturated rings. The fraction of sp³-hybridized carbons (Fsp3) is 0. The first-order chi connectivity index (χ1) is 29.3. The third-order valence-electron chi connectivity index (χ3n) is 12.0. The lowest BCUT2D eigenvalue weighted by Crippen LogP contribution is -2.12. The van der Waals surface area contributed by atoms with E-state index in [-0.39, 0.29) is 0 Å². The van der Waals surface area contributed by atoms with Crippen LogP contribution in [0.3, 0.4) is 0 Å². The first-order valence-corrected chi connectivity index (χ1v) is 19.9. The molecule has 4 aromatic heterocycles. The van der Waals surface area contributed by atoms with Crippen molar-refractivity contribution in [3.05, 3.63) is 194 Å². The van der Waals surface area contributed by atoms with Crippen LogP contribution < -0.4 is 4.90 Å². The molecule has 0 saturated heterocycles. The summed E-state index contributed by atoms with van der Waals surface area (Å²) in [5, 5.41) is 8.48. The van der Waals surface area contributed by atoms with Gasteiger partial charge in [0.1, 0.15) is 28.0 Å². The molecule has 0 bridgehead atoms. The molecule has 0 aliphatic carbocycles. The summed E-state index contributed by atoms with van der Waals surface area (Å²) < 4.78 is 23.2. The summed E-state index contributed by atoms with van der Waals surface area (Å²) in [5.41, 5.74) is 13.1. The smallest absolute Gasteiger partial charge is 0.160 e. The van der Waals surface area contributed by atoms with Crippen molar-refractivity contribution < 1.29 is 13.3 Å². The van der Waals surface area contributed by atoms with Crippen molar-refractivity contribution in [3.8, 4) is 16.8 Å². The van der Waals surface area contributed by atoms with Gasteiger partial charge in [0.15, 0.2) is 11.2 Å². The van der Waals surface area contributed by atoms with E-state index in [1.807, 2.05) is 24.3 Å². The molecule has 5 heteroatoms. The Balaban J connectivity index is 1.20. The number of para-hydroxylation sites is 6. The first-order valence-electron chi connectivity index (χ1n) is 19.9. The van der Waals surface area contributed by atoms with Gasteiger partial charge in [-0.25, -0.2) is 0 Å². The molecule has 0 amide bonds. The number of aromatic nitrogens is 1. The average Bonchev–Trinajstić information content (AvgIpc) is 4.06. The van der Waals surface area contributed by atoms with Gasteiger partial charge in [0.25, 0.3) is 0 Å². The summed E-state index contributed by atoms with van der Waals surface area (Å²) in [6.45, 7) is 0. The summed E-state index contributed by atoms with van der Waals surface area (Å²) >= 11 is 0. The quantitative estimate of drug-likeness (QED) is 0.175. The Morgan fingerprint density at radius 3 is 1.69 bits per heavy atom. The normalized spacial score (nSPS) is 12.1. The molecule has 0 saturated carbocycles. The van der Waals surface area contributed by atoms with Gasteiger partial charge in [-0.2, -0.15) is 0 Å². The monoisotopic (exact) mass is 756 g/mol. The molecule has 0 atom stereocenters. The van der Waals surface area contributed by atoms with Gasteiger partial charge in [-0.3, -0.25) is 0 Å². The van der Waals surface area contributed by atoms with E-state index in [4.69, 9.17) is 13.3 Å². The molecule has 13 aromatic rings. The van der Waals surface area contributed by atoms with E-state index < -0.39 is 0 Å². The summed E-state index contributed by atoms with van der Waals surface area (Å²) in [6.07, 6.45) is 0. The summed E-state index contributed by atoms with van der Waals surface area (Å²) in [4.78, 5) is 2.35. The van der Waals surface area contributed by atoms with Gasteiger partial charge < -0.3 is 22.7 Å². The number of hydrogen-bond acceptors (Lipinski definition) is 4. The highest BCUT2D eigenvalue weighted by Gasteiger charge is 2.28. The number of nitrogens with zero attached hydrogens (tertiary/aromatic N) is 2. The molecule has 0 N–H and O–H groups in total. The van der Waals surface area contributed by atoms with Crippen LogP contribution in [0.1, 0.15) is 0 Å². The van der Waals surface area contributed by atoms with Crippen molar-refractivity contribution >= 4 is 105 Å². The third kappa shape index (κ3) is 4.55. The van der Waals surface area contributed by atoms with Crippen LogP contribution in [0.25, 0.3) is 104 Å². The van der Waals surface area contributed by atoms with E-state index in [1.165, 1.54) is 10.8 Å². The Hall–Kier alpha value is -8.02. The third-order valence-corrected chi connectivity index (χ3v) is 12.0. The lowest BCUT2D eigenvalue weighted by Gasteiger charge is -2.28. The van der Waals surface area contributed by atoms with Crippen LogP contribution in [0.15, 0.2) is 207 Å². The molecule has 0 aliphatic heterocycles. The Labute approximate surface area is 337 Å². The highest BCUT2D eigenvalue weighted by atomic mass is 16.3. The van der Waals surface area contributed by atoms with Crippen LogP contribution in [-0.2, 0) is 0 Å². The maximum Gasteiger partial charge on any atom is 0.160 e. The second kappa shape index (κ2) is 12.2. The van der Waals surface area contributed by atoms with Crippen LogP contribution in [0.5, 0.6) is 0 Å². The van der Waals surface area contributed by atoms with Crippen molar-refractivity contribution in [1.82, 2.24) is 4.57 Å². The molecule has 4 heterocycles. The average molecular weight is 757 g/mol. The minimum absolute atomic E-state index is 0.774. The van der Waals surface area contributed by atoms with Gasteiger partial charge in [-0.15, -0.1) is 0 Å². The molecule has 0 unspecified atom stereocenters. The Morgan fingerprint density at radius 1 is 0.339 bits per heavy atom. The van der Waals surface area contributed by atoms with Crippen molar-refractivity contribution in [2.24, 2.45) is 0 Å². The van der Waals surface area contributed by atoms with Gasteiger partial charge in [0.05, 0.1) is 38.9 Å². The second-order valence-corrected chi connectivity index (χ2v) is 15.2. The standard InChI is InChI=1S/C54H32N2O3/c1-2-16-33(17-3-1)34-18-4-9-24-41(34)55(45-28-14-23-38-37-21-7-12-29-46(37)58-53(38)45)44-27-15-31-48-50(44)40-32-49-51(39-22-8-13-30-47(39)57-49)52(54(40)59-48)56-42-25-10-5-19-35(42)36-20-6-11-26-43(36)56/h1-32H. The molecule has 5 nitrogen and oxygen atoms in total. The largest absolute Gasteiger partial charge is 0.456 e. The zero-order valence-electron chi connectivity index (χ0n) is 31.6. The Kier molecular flexibility index (Phi) is 6.66. The van der Waals surface area contributed by atoms with E-state index in [0.717, 1.165) is 111 Å². The lowest BCUT2D eigenvalue weighted by molar-refractivity contribution is 0.662. The van der Waals surface area contributed by atoms with Crippen molar-refractivity contribution in [2.45, 2.75) is 0 Å². The second-order valence-electron chi connectivity index (χ2n) is 15.2. The van der Waals surface area contributed by atoms with E-state index in [2.05, 4.69) is 179 Å². The topological polar surface area (TPSA) is 47.6 Å². The number of rotatable bonds is 5. The van der Waals surface area contributed by atoms with Gasteiger partial charge in [-0.05, 0) is 60.2 Å². The molecule has 0 spiro atoms. The van der Waals surface area contributed by atoms with Crippen LogP contribution >= 0.6 is 0 Å². The van der Waals surface area contributed by atoms with E-state index in [9.17, 15) is 0 Å². The fourth-order valence-corrected chi connectivity index (χ4v) is 9.51. The maximum atomic E-state index is 7.23. The molecular formula is C54H32N2O3. The lowest BCUT2D eigenvalue weighted by atomic mass is 10.00. The van der Waals surface area contributed by atoms with Crippen molar-refractivity contribution in [2.75, 3.05) is 4.90 Å². The molecule has 13 rings (SSSR count). The van der Waals surface area contributed by atoms with Gasteiger partial charge in [-0.1, -0.05) is 140 Å². The molecular weight excluding hydrogens is 725 g/mol. The zero-order chi connectivity index (χ0) is 38.6. The van der Waals surface area contributed by atoms with E-state index in [1.54, 1.807) is 0 Å². The molecule has 0 radical (unpaired) electrons. The van der Waals surface area contributed by atoms with Gasteiger partial charge >= 0.3 is 0 Å². The Morgan fingerprint density at radius 2 is 0.898 bits per heavy atom. The molecule has 276 valence electrons. The number of hydrogen-bond donors (Lipinski definition) is 0. The predicted octanol–water partition coefficient (Wildman–Crippen LogP) is 15.6. The maximum absolute atomic E-state index is 7.23. The number of anilines is 3. The first kappa shape index (κ1) is 32.1. The highest BCUT2D eigenvalue weighted by Crippen LogP contribution is 2.51.